The van der Waals surface area contributed by atoms with E-state index in [1.54, 1.807) is 0 Å². The van der Waals surface area contributed by atoms with Crippen molar-refractivity contribution in [3.8, 4) is 0 Å². The molecule has 1 amide bonds. The molecule has 40 heavy (non-hydrogen) atoms. The summed E-state index contributed by atoms with van der Waals surface area (Å²) in [7, 11) is 4.00. The summed E-state index contributed by atoms with van der Waals surface area (Å²) in [5, 5.41) is 27.0. The number of hydrogen-bond acceptors (Lipinski definition) is 8. The number of carbonyl (C=O) groups excluding carboxylic acids is 1. The minimum absolute atomic E-state index is 0.0299. The van der Waals surface area contributed by atoms with Crippen LogP contribution in [0.3, 0.4) is 0 Å². The Morgan fingerprint density at radius 3 is 2.77 bits per heavy atom. The molecule has 1 fully saturated rings. The number of aliphatic hydroxyl groups is 2. The third-order valence-corrected chi connectivity index (χ3v) is 8.38. The lowest BCUT2D eigenvalue weighted by molar-refractivity contribution is -0.134. The van der Waals surface area contributed by atoms with E-state index in [2.05, 4.69) is 38.6 Å². The Labute approximate surface area is 238 Å². The zero-order valence-corrected chi connectivity index (χ0v) is 23.9. The Hall–Kier alpha value is -3.73. The van der Waals surface area contributed by atoms with Crippen LogP contribution in [0.5, 0.6) is 0 Å². The van der Waals surface area contributed by atoms with E-state index in [0.717, 1.165) is 46.6 Å². The van der Waals surface area contributed by atoms with E-state index in [1.807, 2.05) is 72.6 Å². The Balaban J connectivity index is 1.18. The molecule has 0 aliphatic carbocycles. The number of aromatic nitrogens is 3. The average Bonchev–Trinajstić information content (AvgIpc) is 3.70. The van der Waals surface area contributed by atoms with Gasteiger partial charge >= 0.3 is 0 Å². The Morgan fingerprint density at radius 1 is 1.18 bits per heavy atom. The third-order valence-electron chi connectivity index (χ3n) is 7.48. The second-order valence-electron chi connectivity index (χ2n) is 10.4. The molecule has 3 unspecified atom stereocenters. The number of nitrogens with one attached hydrogen (secondary N) is 1. The van der Waals surface area contributed by atoms with Gasteiger partial charge in [-0.2, -0.15) is 0 Å². The molecule has 1 aliphatic rings. The lowest BCUT2D eigenvalue weighted by Gasteiger charge is -2.33. The predicted molar refractivity (Wildman–Crippen MR) is 158 cm³/mol. The monoisotopic (exact) mass is 560 g/mol. The summed E-state index contributed by atoms with van der Waals surface area (Å²) in [5.74, 6) is 0.249. The van der Waals surface area contributed by atoms with E-state index in [0.29, 0.717) is 23.8 Å². The smallest absolute Gasteiger partial charge is 0.252 e. The summed E-state index contributed by atoms with van der Waals surface area (Å²) < 4.78 is 2.11. The van der Waals surface area contributed by atoms with Crippen LogP contribution in [0.2, 0.25) is 0 Å². The largest absolute Gasteiger partial charge is 0.384 e. The van der Waals surface area contributed by atoms with Gasteiger partial charge < -0.3 is 29.9 Å². The highest BCUT2D eigenvalue weighted by Crippen LogP contribution is 2.36. The lowest BCUT2D eigenvalue weighted by Crippen LogP contribution is -2.45. The molecule has 0 saturated carbocycles. The molecule has 3 heterocycles. The molecule has 0 bridgehead atoms. The molecule has 4 aromatic rings. The molecule has 10 heteroatoms. The van der Waals surface area contributed by atoms with Crippen molar-refractivity contribution in [2.24, 2.45) is 0 Å². The Morgan fingerprint density at radius 2 is 1.98 bits per heavy atom. The number of carbonyl (C=O) groups is 1. The number of aryl methyl sites for hydroxylation is 1. The van der Waals surface area contributed by atoms with Crippen LogP contribution < -0.4 is 10.2 Å². The van der Waals surface area contributed by atoms with E-state index in [9.17, 15) is 15.0 Å². The molecule has 0 spiro atoms. The van der Waals surface area contributed by atoms with E-state index >= 15 is 0 Å². The molecule has 2 aromatic carbocycles. The minimum Gasteiger partial charge on any atom is -0.384 e. The Bertz CT molecular complexity index is 1510. The first-order valence-corrected chi connectivity index (χ1v) is 14.3. The number of benzene rings is 2. The summed E-state index contributed by atoms with van der Waals surface area (Å²) in [4.78, 5) is 26.1. The number of para-hydroxylation sites is 2. The van der Waals surface area contributed by atoms with Gasteiger partial charge in [-0.25, -0.2) is 9.97 Å². The molecule has 1 saturated heterocycles. The molecule has 3 N–H and O–H groups in total. The first-order chi connectivity index (χ1) is 19.2. The van der Waals surface area contributed by atoms with Crippen molar-refractivity contribution in [2.75, 3.05) is 25.5 Å². The highest BCUT2D eigenvalue weighted by atomic mass is 32.1. The van der Waals surface area contributed by atoms with Crippen LogP contribution in [0, 0.1) is 6.92 Å². The summed E-state index contributed by atoms with van der Waals surface area (Å²) >= 11 is 1.44. The zero-order valence-electron chi connectivity index (χ0n) is 23.1. The predicted octanol–water partition coefficient (Wildman–Crippen LogP) is 3.60. The van der Waals surface area contributed by atoms with Gasteiger partial charge in [0, 0.05) is 37.4 Å². The van der Waals surface area contributed by atoms with E-state index in [1.165, 1.54) is 11.3 Å². The van der Waals surface area contributed by atoms with Gasteiger partial charge in [0.05, 0.1) is 35.9 Å². The van der Waals surface area contributed by atoms with Crippen molar-refractivity contribution in [1.29, 1.82) is 0 Å². The second kappa shape index (κ2) is 11.8. The van der Waals surface area contributed by atoms with Gasteiger partial charge in [-0.3, -0.25) is 4.79 Å². The number of fused-ring (bicyclic) bond motifs is 1. The van der Waals surface area contributed by atoms with Crippen LogP contribution in [0.25, 0.3) is 11.0 Å². The lowest BCUT2D eigenvalue weighted by atomic mass is 10.0. The zero-order chi connectivity index (χ0) is 28.4. The van der Waals surface area contributed by atoms with Crippen molar-refractivity contribution in [3.05, 3.63) is 88.3 Å². The number of likely N-dealkylation sites (tertiary alicyclic amines) is 1. The Kier molecular flexibility index (Phi) is 8.20. The molecule has 3 atom stereocenters. The number of amides is 1. The molecule has 2 aromatic heterocycles. The first-order valence-electron chi connectivity index (χ1n) is 13.4. The van der Waals surface area contributed by atoms with E-state index in [4.69, 9.17) is 0 Å². The molecule has 1 aliphatic heterocycles. The maximum atomic E-state index is 12.8. The van der Waals surface area contributed by atoms with E-state index in [-0.39, 0.29) is 12.6 Å². The summed E-state index contributed by atoms with van der Waals surface area (Å²) in [5.41, 5.74) is 5.42. The molecular weight excluding hydrogens is 524 g/mol. The number of aliphatic hydroxyl groups excluding tert-OH is 2. The topological polar surface area (TPSA) is 107 Å². The summed E-state index contributed by atoms with van der Waals surface area (Å²) in [6.45, 7) is 7.48. The van der Waals surface area contributed by atoms with Crippen LogP contribution in [0.4, 0.5) is 5.69 Å². The fourth-order valence-electron chi connectivity index (χ4n) is 5.29. The van der Waals surface area contributed by atoms with Gasteiger partial charge in [0.1, 0.15) is 16.9 Å². The third kappa shape index (κ3) is 5.74. The van der Waals surface area contributed by atoms with Crippen LogP contribution in [0.1, 0.15) is 41.0 Å². The standard InChI is InChI=1S/C30H36N6O3S/c1-19(35-14-8-13-25(35)21-9-7-10-23(15-21)34(3)4)28(37)29(38)30(39)31-16-27-33-22(18-40-27)17-36-20(2)32-24-11-5-6-12-26(24)36/h5-7,9-12,15,18,25,28-29,37-38H,1,8,13-14,16-17H2,2-4H3,(H,31,39). The SMILES string of the molecule is C=C(C(O)C(O)C(=O)NCc1nc(Cn2c(C)nc3ccccc32)cs1)N1CCCC1c1cccc(N(C)C)c1. The van der Waals surface area contributed by atoms with Crippen LogP contribution in [0.15, 0.2) is 66.2 Å². The quantitative estimate of drug-likeness (QED) is 0.272. The maximum Gasteiger partial charge on any atom is 0.252 e. The van der Waals surface area contributed by atoms with Crippen LogP contribution >= 0.6 is 11.3 Å². The number of anilines is 1. The van der Waals surface area contributed by atoms with Crippen molar-refractivity contribution in [1.82, 2.24) is 24.8 Å². The fourth-order valence-corrected chi connectivity index (χ4v) is 6.02. The fraction of sp³-hybridized carbons (Fsp3) is 0.367. The van der Waals surface area contributed by atoms with Gasteiger partial charge in [0.25, 0.3) is 5.91 Å². The molecule has 5 rings (SSSR count). The van der Waals surface area contributed by atoms with Gasteiger partial charge in [-0.15, -0.1) is 11.3 Å². The first kappa shape index (κ1) is 27.8. The highest BCUT2D eigenvalue weighted by molar-refractivity contribution is 7.09. The second-order valence-corrected chi connectivity index (χ2v) is 11.3. The highest BCUT2D eigenvalue weighted by Gasteiger charge is 2.34. The minimum atomic E-state index is -1.64. The van der Waals surface area contributed by atoms with Crippen molar-refractivity contribution < 1.29 is 15.0 Å². The molecular formula is C30H36N6O3S. The normalized spacial score (nSPS) is 16.7. The van der Waals surface area contributed by atoms with Gasteiger partial charge in [0.2, 0.25) is 0 Å². The van der Waals surface area contributed by atoms with Crippen molar-refractivity contribution >= 4 is 34.0 Å². The van der Waals surface area contributed by atoms with Crippen molar-refractivity contribution in [2.45, 2.75) is 51.1 Å². The number of imidazole rings is 1. The number of thiazole rings is 1. The van der Waals surface area contributed by atoms with E-state index < -0.39 is 18.1 Å². The number of rotatable bonds is 10. The summed E-state index contributed by atoms with van der Waals surface area (Å²) in [6, 6.07) is 16.3. The number of nitrogens with zero attached hydrogens (tertiary/aromatic N) is 5. The maximum absolute atomic E-state index is 12.8. The van der Waals surface area contributed by atoms with Crippen LogP contribution in [-0.2, 0) is 17.9 Å². The van der Waals surface area contributed by atoms with Gasteiger partial charge in [0.15, 0.2) is 6.10 Å². The van der Waals surface area contributed by atoms with Crippen molar-refractivity contribution in [3.63, 3.8) is 0 Å². The number of hydrogen-bond donors (Lipinski definition) is 3. The van der Waals surface area contributed by atoms with Gasteiger partial charge in [-0.05, 0) is 49.6 Å². The molecule has 210 valence electrons. The molecule has 0 radical (unpaired) electrons. The molecule has 9 nitrogen and oxygen atoms in total. The average molecular weight is 561 g/mol. The van der Waals surface area contributed by atoms with Crippen LogP contribution in [-0.4, -0.2) is 68.4 Å². The summed E-state index contributed by atoms with van der Waals surface area (Å²) in [6.07, 6.45) is -1.21. The van der Waals surface area contributed by atoms with Gasteiger partial charge in [-0.1, -0.05) is 30.8 Å².